The zero-order chi connectivity index (χ0) is 16.8. The number of nitrogens with one attached hydrogen (secondary N) is 1. The highest BCUT2D eigenvalue weighted by molar-refractivity contribution is 9.10. The van der Waals surface area contributed by atoms with Gasteiger partial charge in [-0.25, -0.2) is 4.39 Å². The molecule has 24 heavy (non-hydrogen) atoms. The minimum Gasteiger partial charge on any atom is -0.545 e. The summed E-state index contributed by atoms with van der Waals surface area (Å²) in [4.78, 5) is 10.9. The van der Waals surface area contributed by atoms with Crippen molar-refractivity contribution >= 4 is 27.6 Å². The standard InChI is InChI=1S/C19H15BrFNO2/c20-12-8-15-13-2-1-3-14(13)17(22-18(15)16(21)9-12)10-4-6-11(7-5-10)19(23)24/h1-2,4-9,13-14,17,22H,3H2,(H,23,24)/p-1/t13-,14-,17+/m1/s1. The molecule has 0 spiro atoms. The number of carboxylic acids is 1. The number of carbonyl (C=O) groups is 1. The number of halogens is 2. The molecule has 2 aromatic carbocycles. The third kappa shape index (κ3) is 2.44. The number of benzene rings is 2. The lowest BCUT2D eigenvalue weighted by molar-refractivity contribution is -0.255. The Morgan fingerprint density at radius 3 is 2.71 bits per heavy atom. The van der Waals surface area contributed by atoms with Gasteiger partial charge < -0.3 is 15.2 Å². The van der Waals surface area contributed by atoms with Gasteiger partial charge >= 0.3 is 0 Å². The highest BCUT2D eigenvalue weighted by atomic mass is 79.9. The summed E-state index contributed by atoms with van der Waals surface area (Å²) in [5.41, 5.74) is 2.58. The number of hydrogen-bond acceptors (Lipinski definition) is 3. The summed E-state index contributed by atoms with van der Waals surface area (Å²) in [5, 5.41) is 14.3. The molecule has 0 fully saturated rings. The fourth-order valence-corrected chi connectivity index (χ4v) is 4.23. The van der Waals surface area contributed by atoms with Crippen LogP contribution in [-0.4, -0.2) is 5.97 Å². The summed E-state index contributed by atoms with van der Waals surface area (Å²) >= 11 is 3.37. The Bertz CT molecular complexity index is 847. The van der Waals surface area contributed by atoms with Gasteiger partial charge in [-0.1, -0.05) is 52.3 Å². The zero-order valence-electron chi connectivity index (χ0n) is 12.6. The average Bonchev–Trinajstić information content (AvgIpc) is 3.04. The number of allylic oxidation sites excluding steroid dienone is 2. The largest absolute Gasteiger partial charge is 0.545 e. The number of hydrogen-bond donors (Lipinski definition) is 1. The second kappa shape index (κ2) is 5.74. The number of carboxylic acid groups (broad SMARTS) is 1. The number of rotatable bonds is 2. The highest BCUT2D eigenvalue weighted by Crippen LogP contribution is 2.51. The Kier molecular flexibility index (Phi) is 3.68. The Hall–Kier alpha value is -2.14. The summed E-state index contributed by atoms with van der Waals surface area (Å²) in [6.45, 7) is 0. The van der Waals surface area contributed by atoms with E-state index in [9.17, 15) is 14.3 Å². The maximum absolute atomic E-state index is 14.4. The van der Waals surface area contributed by atoms with Crippen LogP contribution >= 0.6 is 15.9 Å². The Labute approximate surface area is 147 Å². The van der Waals surface area contributed by atoms with Crippen LogP contribution in [0.2, 0.25) is 0 Å². The van der Waals surface area contributed by atoms with Crippen molar-refractivity contribution in [1.29, 1.82) is 0 Å². The number of carbonyl (C=O) groups excluding carboxylic acids is 1. The molecule has 0 saturated carbocycles. The molecule has 3 nitrogen and oxygen atoms in total. The van der Waals surface area contributed by atoms with Crippen LogP contribution in [0.5, 0.6) is 0 Å². The first-order valence-electron chi connectivity index (χ1n) is 7.78. The van der Waals surface area contributed by atoms with Crippen LogP contribution in [0.1, 0.15) is 39.9 Å². The SMILES string of the molecule is O=C([O-])c1ccc([C@@H]2Nc3c(F)cc(Br)cc3[C@@H]3C=CC[C@H]32)cc1. The normalized spacial score (nSPS) is 24.2. The Morgan fingerprint density at radius 1 is 1.25 bits per heavy atom. The predicted molar refractivity (Wildman–Crippen MR) is 91.2 cm³/mol. The van der Waals surface area contributed by atoms with Crippen molar-refractivity contribution in [3.63, 3.8) is 0 Å². The number of fused-ring (bicyclic) bond motifs is 3. The highest BCUT2D eigenvalue weighted by Gasteiger charge is 2.39. The maximum Gasteiger partial charge on any atom is 0.147 e. The lowest BCUT2D eigenvalue weighted by Crippen LogP contribution is -2.30. The van der Waals surface area contributed by atoms with Crippen LogP contribution in [0, 0.1) is 11.7 Å². The quantitative estimate of drug-likeness (QED) is 0.799. The topological polar surface area (TPSA) is 52.2 Å². The van der Waals surface area contributed by atoms with E-state index in [0.717, 1.165) is 22.0 Å². The van der Waals surface area contributed by atoms with Gasteiger partial charge in [0.1, 0.15) is 5.82 Å². The first-order chi connectivity index (χ1) is 11.5. The van der Waals surface area contributed by atoms with Crippen LogP contribution in [-0.2, 0) is 0 Å². The van der Waals surface area contributed by atoms with E-state index in [0.29, 0.717) is 5.69 Å². The minimum absolute atomic E-state index is 0.0658. The molecule has 0 bridgehead atoms. The number of anilines is 1. The molecule has 2 aliphatic rings. The van der Waals surface area contributed by atoms with E-state index < -0.39 is 5.97 Å². The molecule has 0 aromatic heterocycles. The molecule has 0 radical (unpaired) electrons. The summed E-state index contributed by atoms with van der Waals surface area (Å²) in [6, 6.07) is 9.99. The molecule has 0 amide bonds. The second-order valence-corrected chi connectivity index (χ2v) is 7.15. The Balaban J connectivity index is 1.76. The molecule has 4 rings (SSSR count). The second-order valence-electron chi connectivity index (χ2n) is 6.24. The third-order valence-electron chi connectivity index (χ3n) is 4.89. The summed E-state index contributed by atoms with van der Waals surface area (Å²) < 4.78 is 15.2. The molecule has 0 saturated heterocycles. The molecule has 2 aromatic rings. The first kappa shape index (κ1) is 15.4. The van der Waals surface area contributed by atoms with Crippen molar-refractivity contribution in [1.82, 2.24) is 0 Å². The van der Waals surface area contributed by atoms with Gasteiger partial charge in [0.05, 0.1) is 17.7 Å². The van der Waals surface area contributed by atoms with Crippen LogP contribution in [0.25, 0.3) is 0 Å². The fraction of sp³-hybridized carbons (Fsp3) is 0.211. The Morgan fingerprint density at radius 2 is 2.00 bits per heavy atom. The molecule has 5 heteroatoms. The first-order valence-corrected chi connectivity index (χ1v) is 8.57. The molecule has 1 N–H and O–H groups in total. The van der Waals surface area contributed by atoms with Gasteiger partial charge in [0.2, 0.25) is 0 Å². The molecule has 0 unspecified atom stereocenters. The van der Waals surface area contributed by atoms with Crippen molar-refractivity contribution in [3.05, 3.63) is 75.5 Å². The van der Waals surface area contributed by atoms with E-state index in [4.69, 9.17) is 0 Å². The molecular weight excluding hydrogens is 373 g/mol. The van der Waals surface area contributed by atoms with Gasteiger partial charge in [-0.3, -0.25) is 0 Å². The summed E-state index contributed by atoms with van der Waals surface area (Å²) in [7, 11) is 0. The van der Waals surface area contributed by atoms with Crippen molar-refractivity contribution in [2.45, 2.75) is 18.4 Å². The lowest BCUT2D eigenvalue weighted by Gasteiger charge is -2.37. The van der Waals surface area contributed by atoms with E-state index in [-0.39, 0.29) is 29.3 Å². The lowest BCUT2D eigenvalue weighted by atomic mass is 9.77. The van der Waals surface area contributed by atoms with E-state index in [1.54, 1.807) is 12.1 Å². The molecule has 3 atom stereocenters. The van der Waals surface area contributed by atoms with Crippen LogP contribution < -0.4 is 10.4 Å². The molecule has 1 aliphatic heterocycles. The predicted octanol–water partition coefficient (Wildman–Crippen LogP) is 3.78. The van der Waals surface area contributed by atoms with E-state index >= 15 is 0 Å². The van der Waals surface area contributed by atoms with Gasteiger partial charge in [0.15, 0.2) is 0 Å². The minimum atomic E-state index is -1.19. The fourth-order valence-electron chi connectivity index (χ4n) is 3.78. The van der Waals surface area contributed by atoms with E-state index in [2.05, 4.69) is 33.4 Å². The third-order valence-corrected chi connectivity index (χ3v) is 5.35. The van der Waals surface area contributed by atoms with Gasteiger partial charge in [-0.2, -0.15) is 0 Å². The number of aromatic carboxylic acids is 1. The summed E-state index contributed by atoms with van der Waals surface area (Å²) in [6.07, 6.45) is 5.17. The smallest absolute Gasteiger partial charge is 0.147 e. The van der Waals surface area contributed by atoms with Gasteiger partial charge in [-0.15, -0.1) is 0 Å². The molecule has 1 aliphatic carbocycles. The van der Waals surface area contributed by atoms with Gasteiger partial charge in [0, 0.05) is 10.4 Å². The molecule has 1 heterocycles. The van der Waals surface area contributed by atoms with Crippen molar-refractivity contribution in [3.8, 4) is 0 Å². The van der Waals surface area contributed by atoms with Crippen LogP contribution in [0.4, 0.5) is 10.1 Å². The average molecular weight is 387 g/mol. The van der Waals surface area contributed by atoms with Crippen LogP contribution in [0.3, 0.4) is 0 Å². The summed E-state index contributed by atoms with van der Waals surface area (Å²) in [5.74, 6) is -1.05. The van der Waals surface area contributed by atoms with E-state index in [1.807, 2.05) is 6.07 Å². The van der Waals surface area contributed by atoms with Crippen molar-refractivity contribution in [2.24, 2.45) is 5.92 Å². The van der Waals surface area contributed by atoms with Gasteiger partial charge in [-0.05, 0) is 41.2 Å². The monoisotopic (exact) mass is 386 g/mol. The zero-order valence-corrected chi connectivity index (χ0v) is 14.2. The molecule has 122 valence electrons. The van der Waals surface area contributed by atoms with Crippen molar-refractivity contribution in [2.75, 3.05) is 5.32 Å². The van der Waals surface area contributed by atoms with Crippen molar-refractivity contribution < 1.29 is 14.3 Å². The molecular formula is C19H14BrFNO2-. The van der Waals surface area contributed by atoms with E-state index in [1.165, 1.54) is 18.2 Å². The van der Waals surface area contributed by atoms with Crippen LogP contribution in [0.15, 0.2) is 53.0 Å². The maximum atomic E-state index is 14.4. The van der Waals surface area contributed by atoms with Gasteiger partial charge in [0.25, 0.3) is 0 Å².